The van der Waals surface area contributed by atoms with Crippen molar-refractivity contribution in [2.24, 2.45) is 0 Å². The van der Waals surface area contributed by atoms with Crippen molar-refractivity contribution in [3.8, 4) is 0 Å². The first-order chi connectivity index (χ1) is 18.0. The van der Waals surface area contributed by atoms with Crippen molar-refractivity contribution >= 4 is 11.8 Å². The lowest BCUT2D eigenvalue weighted by Gasteiger charge is -2.23. The maximum Gasteiger partial charge on any atom is 0.328 e. The Labute approximate surface area is 231 Å². The molecular formula is C33H63NO3. The normalized spacial score (nSPS) is 12.5. The minimum absolute atomic E-state index is 0.125. The molecule has 0 spiro atoms. The molecule has 218 valence electrons. The maximum absolute atomic E-state index is 12.6. The number of ketones is 1. The van der Waals surface area contributed by atoms with Crippen LogP contribution in [0, 0.1) is 0 Å². The van der Waals surface area contributed by atoms with E-state index in [-0.39, 0.29) is 5.78 Å². The molecule has 0 aliphatic rings. The number of hydrogen-bond acceptors (Lipinski definition) is 3. The lowest BCUT2D eigenvalue weighted by molar-refractivity contribution is -0.147. The van der Waals surface area contributed by atoms with Crippen LogP contribution in [-0.2, 0) is 9.59 Å². The van der Waals surface area contributed by atoms with Crippen molar-refractivity contribution in [1.82, 2.24) is 4.90 Å². The molecule has 0 amide bonds. The number of hydrogen-bond donors (Lipinski definition) is 1. The summed E-state index contributed by atoms with van der Waals surface area (Å²) >= 11 is 0. The van der Waals surface area contributed by atoms with E-state index in [4.69, 9.17) is 0 Å². The van der Waals surface area contributed by atoms with Gasteiger partial charge in [0.15, 0.2) is 11.8 Å². The molecular weight excluding hydrogens is 458 g/mol. The minimum atomic E-state index is -0.993. The summed E-state index contributed by atoms with van der Waals surface area (Å²) in [6.07, 6.45) is 33.5. The van der Waals surface area contributed by atoms with E-state index in [0.29, 0.717) is 13.0 Å². The molecule has 0 radical (unpaired) electrons. The predicted molar refractivity (Wildman–Crippen MR) is 160 cm³/mol. The van der Waals surface area contributed by atoms with Crippen molar-refractivity contribution < 1.29 is 14.7 Å². The average molecular weight is 522 g/mol. The number of rotatable bonds is 29. The highest BCUT2D eigenvalue weighted by Gasteiger charge is 2.29. The van der Waals surface area contributed by atoms with Crippen molar-refractivity contribution in [3.63, 3.8) is 0 Å². The Morgan fingerprint density at radius 3 is 1.41 bits per heavy atom. The second-order valence-electron chi connectivity index (χ2n) is 11.2. The van der Waals surface area contributed by atoms with Gasteiger partial charge in [-0.25, -0.2) is 0 Å². The molecule has 4 heteroatoms. The van der Waals surface area contributed by atoms with Gasteiger partial charge in [0.05, 0.1) is 0 Å². The molecule has 37 heavy (non-hydrogen) atoms. The summed E-state index contributed by atoms with van der Waals surface area (Å²) < 4.78 is 0. The summed E-state index contributed by atoms with van der Waals surface area (Å²) in [7, 11) is 1.80. The fraction of sp³-hybridized carbons (Fsp3) is 0.879. The number of carboxylic acid groups (broad SMARTS) is 1. The summed E-state index contributed by atoms with van der Waals surface area (Å²) in [5.41, 5.74) is 0. The van der Waals surface area contributed by atoms with E-state index in [2.05, 4.69) is 26.0 Å². The Morgan fingerprint density at radius 1 is 0.595 bits per heavy atom. The average Bonchev–Trinajstić information content (AvgIpc) is 2.87. The summed E-state index contributed by atoms with van der Waals surface area (Å²) in [6.45, 7) is 5.20. The van der Waals surface area contributed by atoms with Crippen LogP contribution in [0.25, 0.3) is 0 Å². The van der Waals surface area contributed by atoms with Gasteiger partial charge in [-0.3, -0.25) is 14.5 Å². The standard InChI is InChI=1S/C33H63NO3/c1-4-6-8-10-12-14-16-17-18-19-20-21-23-25-27-29-31(35)32(33(36)37)34(3)30-28-26-24-22-15-13-11-9-7-5-2/h17-18,32H,4-16,19-30H2,1-3H3,(H,36,37)/b18-17-. The Hall–Kier alpha value is -1.16. The molecule has 0 saturated carbocycles. The first-order valence-corrected chi connectivity index (χ1v) is 16.1. The van der Waals surface area contributed by atoms with Gasteiger partial charge in [-0.05, 0) is 52.1 Å². The van der Waals surface area contributed by atoms with Gasteiger partial charge < -0.3 is 5.11 Å². The molecule has 0 fully saturated rings. The van der Waals surface area contributed by atoms with Crippen LogP contribution in [0.5, 0.6) is 0 Å². The smallest absolute Gasteiger partial charge is 0.328 e. The third-order valence-electron chi connectivity index (χ3n) is 7.53. The first kappa shape index (κ1) is 35.8. The Bertz CT molecular complexity index is 546. The molecule has 0 saturated heterocycles. The maximum atomic E-state index is 12.6. The van der Waals surface area contributed by atoms with Gasteiger partial charge in [-0.15, -0.1) is 0 Å². The van der Waals surface area contributed by atoms with E-state index >= 15 is 0 Å². The molecule has 0 aromatic carbocycles. The summed E-state index contributed by atoms with van der Waals surface area (Å²) in [6, 6.07) is -0.977. The van der Waals surface area contributed by atoms with Gasteiger partial charge in [-0.2, -0.15) is 0 Å². The quantitative estimate of drug-likeness (QED) is 0.0604. The second-order valence-corrected chi connectivity index (χ2v) is 11.2. The molecule has 0 aliphatic carbocycles. The van der Waals surface area contributed by atoms with Crippen LogP contribution in [0.15, 0.2) is 12.2 Å². The van der Waals surface area contributed by atoms with Crippen molar-refractivity contribution in [1.29, 1.82) is 0 Å². The molecule has 0 aromatic rings. The van der Waals surface area contributed by atoms with Crippen molar-refractivity contribution in [2.45, 2.75) is 174 Å². The molecule has 0 rings (SSSR count). The summed E-state index contributed by atoms with van der Waals surface area (Å²) in [5, 5.41) is 9.63. The molecule has 0 aliphatic heterocycles. The highest BCUT2D eigenvalue weighted by molar-refractivity contribution is 6.02. The van der Waals surface area contributed by atoms with E-state index in [9.17, 15) is 14.7 Å². The molecule has 4 nitrogen and oxygen atoms in total. The molecule has 0 bridgehead atoms. The third kappa shape index (κ3) is 23.7. The van der Waals surface area contributed by atoms with Gasteiger partial charge in [0.1, 0.15) is 0 Å². The molecule has 1 atom stereocenters. The fourth-order valence-corrected chi connectivity index (χ4v) is 5.06. The highest BCUT2D eigenvalue weighted by atomic mass is 16.4. The lowest BCUT2D eigenvalue weighted by Crippen LogP contribution is -2.45. The van der Waals surface area contributed by atoms with Crippen molar-refractivity contribution in [2.75, 3.05) is 13.6 Å². The highest BCUT2D eigenvalue weighted by Crippen LogP contribution is 2.14. The summed E-state index contributed by atoms with van der Waals surface area (Å²) in [5.74, 6) is -1.12. The SMILES string of the molecule is CCCCCCCC/C=C\CCCCCCCC(=O)C(C(=O)O)N(C)CCCCCCCCCCCC. The van der Waals surface area contributed by atoms with Gasteiger partial charge >= 0.3 is 5.97 Å². The van der Waals surface area contributed by atoms with E-state index in [0.717, 1.165) is 38.5 Å². The number of aliphatic carboxylic acids is 1. The lowest BCUT2D eigenvalue weighted by atomic mass is 10.0. The number of nitrogens with zero attached hydrogens (tertiary/aromatic N) is 1. The Balaban J connectivity index is 3.76. The zero-order valence-electron chi connectivity index (χ0n) is 25.1. The third-order valence-corrected chi connectivity index (χ3v) is 7.53. The van der Waals surface area contributed by atoms with Crippen LogP contribution in [0.3, 0.4) is 0 Å². The zero-order chi connectivity index (χ0) is 27.4. The van der Waals surface area contributed by atoms with Gasteiger partial charge in [0, 0.05) is 6.42 Å². The number of carboxylic acids is 1. The predicted octanol–water partition coefficient (Wildman–Crippen LogP) is 9.90. The number of allylic oxidation sites excluding steroid dienone is 2. The molecule has 1 unspecified atom stereocenters. The Kier molecular flexibility index (Phi) is 27.0. The van der Waals surface area contributed by atoms with Crippen molar-refractivity contribution in [3.05, 3.63) is 12.2 Å². The Morgan fingerprint density at radius 2 is 0.973 bits per heavy atom. The molecule has 1 N–H and O–H groups in total. The topological polar surface area (TPSA) is 57.6 Å². The van der Waals surface area contributed by atoms with Crippen LogP contribution in [0.2, 0.25) is 0 Å². The number of likely N-dealkylation sites (N-methyl/N-ethyl adjacent to an activating group) is 1. The van der Waals surface area contributed by atoms with Gasteiger partial charge in [-0.1, -0.05) is 135 Å². The first-order valence-electron chi connectivity index (χ1n) is 16.1. The van der Waals surface area contributed by atoms with Crippen LogP contribution in [0.1, 0.15) is 168 Å². The monoisotopic (exact) mass is 521 g/mol. The van der Waals surface area contributed by atoms with E-state index in [1.807, 2.05) is 0 Å². The fourth-order valence-electron chi connectivity index (χ4n) is 5.06. The largest absolute Gasteiger partial charge is 0.480 e. The number of carbonyl (C=O) groups excluding carboxylic acids is 1. The van der Waals surface area contributed by atoms with Gasteiger partial charge in [0.25, 0.3) is 0 Å². The summed E-state index contributed by atoms with van der Waals surface area (Å²) in [4.78, 5) is 26.1. The second kappa shape index (κ2) is 27.9. The van der Waals surface area contributed by atoms with Crippen LogP contribution in [0.4, 0.5) is 0 Å². The van der Waals surface area contributed by atoms with E-state index in [1.165, 1.54) is 109 Å². The molecule has 0 aromatic heterocycles. The number of Topliss-reactive ketones (excluding diaryl/α,β-unsaturated/α-hetero) is 1. The zero-order valence-corrected chi connectivity index (χ0v) is 25.1. The minimum Gasteiger partial charge on any atom is -0.480 e. The molecule has 0 heterocycles. The van der Waals surface area contributed by atoms with Crippen LogP contribution in [-0.4, -0.2) is 41.4 Å². The van der Waals surface area contributed by atoms with Crippen LogP contribution >= 0.6 is 0 Å². The number of unbranched alkanes of at least 4 members (excludes halogenated alkanes) is 20. The number of carbonyl (C=O) groups is 2. The van der Waals surface area contributed by atoms with E-state index in [1.54, 1.807) is 11.9 Å². The van der Waals surface area contributed by atoms with E-state index < -0.39 is 12.0 Å². The van der Waals surface area contributed by atoms with Gasteiger partial charge in [0.2, 0.25) is 0 Å². The van der Waals surface area contributed by atoms with Crippen LogP contribution < -0.4 is 0 Å².